The molecule has 4 heteroatoms. The van der Waals surface area contributed by atoms with Crippen LogP contribution in [0.25, 0.3) is 5.52 Å². The van der Waals surface area contributed by atoms with Crippen LogP contribution in [0.15, 0.2) is 18.3 Å². The molecule has 3 rings (SSSR count). The Kier molecular flexibility index (Phi) is 2.18. The van der Waals surface area contributed by atoms with Crippen LogP contribution >= 0.6 is 0 Å². The summed E-state index contributed by atoms with van der Waals surface area (Å²) in [6.45, 7) is 1.88. The largest absolute Gasteiger partial charge is 0.478 e. The Morgan fingerprint density at radius 2 is 2.35 bits per heavy atom. The summed E-state index contributed by atoms with van der Waals surface area (Å²) in [5, 5.41) is 13.6. The Balaban J connectivity index is 2.25. The zero-order chi connectivity index (χ0) is 12.0. The summed E-state index contributed by atoms with van der Waals surface area (Å²) in [6.07, 6.45) is 5.15. The number of fused-ring (bicyclic) bond motifs is 1. The maximum absolute atomic E-state index is 11.3. The quantitative estimate of drug-likeness (QED) is 0.880. The highest BCUT2D eigenvalue weighted by Crippen LogP contribution is 2.35. The van der Waals surface area contributed by atoms with Crippen molar-refractivity contribution in [3.63, 3.8) is 0 Å². The molecule has 0 bridgehead atoms. The van der Waals surface area contributed by atoms with E-state index in [4.69, 9.17) is 0 Å². The van der Waals surface area contributed by atoms with E-state index in [1.54, 1.807) is 16.8 Å². The number of aromatic carboxylic acids is 1. The van der Waals surface area contributed by atoms with Crippen molar-refractivity contribution in [1.82, 2.24) is 9.61 Å². The Morgan fingerprint density at radius 1 is 1.59 bits per heavy atom. The minimum absolute atomic E-state index is 0.397. The molecule has 4 nitrogen and oxygen atoms in total. The second kappa shape index (κ2) is 3.58. The third-order valence-corrected chi connectivity index (χ3v) is 3.46. The van der Waals surface area contributed by atoms with Crippen LogP contribution in [-0.4, -0.2) is 20.7 Å². The Labute approximate surface area is 98.9 Å². The van der Waals surface area contributed by atoms with Gasteiger partial charge < -0.3 is 5.11 Å². The number of rotatable bonds is 3. The summed E-state index contributed by atoms with van der Waals surface area (Å²) in [6, 6.07) is 3.60. The van der Waals surface area contributed by atoms with Crippen LogP contribution < -0.4 is 0 Å². The fourth-order valence-electron chi connectivity index (χ4n) is 2.38. The molecule has 0 unspecified atom stereocenters. The van der Waals surface area contributed by atoms with Gasteiger partial charge in [-0.05, 0) is 49.8 Å². The number of hydrogen-bond donors (Lipinski definition) is 1. The van der Waals surface area contributed by atoms with E-state index in [9.17, 15) is 9.90 Å². The first kappa shape index (κ1) is 10.3. The highest BCUT2D eigenvalue weighted by atomic mass is 16.4. The predicted molar refractivity (Wildman–Crippen MR) is 63.3 cm³/mol. The average molecular weight is 230 g/mol. The van der Waals surface area contributed by atoms with Crippen LogP contribution in [0.3, 0.4) is 0 Å². The standard InChI is InChI=1S/C13H14N2O2/c1-8-11(7-9-4-5-9)15-10(3-2-6-14-15)12(8)13(16)17/h2-3,6,9H,4-5,7H2,1H3,(H,16,17). The van der Waals surface area contributed by atoms with Gasteiger partial charge in [0.2, 0.25) is 0 Å². The van der Waals surface area contributed by atoms with Crippen LogP contribution in [-0.2, 0) is 6.42 Å². The van der Waals surface area contributed by atoms with Gasteiger partial charge in [0.1, 0.15) is 0 Å². The normalized spacial score (nSPS) is 15.4. The summed E-state index contributed by atoms with van der Waals surface area (Å²) in [5.41, 5.74) is 3.02. The zero-order valence-electron chi connectivity index (χ0n) is 9.68. The minimum atomic E-state index is -0.866. The van der Waals surface area contributed by atoms with Crippen molar-refractivity contribution in [2.75, 3.05) is 0 Å². The van der Waals surface area contributed by atoms with Crippen molar-refractivity contribution in [3.8, 4) is 0 Å². The van der Waals surface area contributed by atoms with Gasteiger partial charge in [0.15, 0.2) is 0 Å². The lowest BCUT2D eigenvalue weighted by Gasteiger charge is -2.01. The monoisotopic (exact) mass is 230 g/mol. The molecule has 0 atom stereocenters. The second-order valence-corrected chi connectivity index (χ2v) is 4.72. The highest BCUT2D eigenvalue weighted by molar-refractivity contribution is 5.98. The van der Waals surface area contributed by atoms with Gasteiger partial charge in [0.25, 0.3) is 0 Å². The van der Waals surface area contributed by atoms with E-state index < -0.39 is 5.97 Å². The van der Waals surface area contributed by atoms with Crippen LogP contribution in [0.1, 0.15) is 34.5 Å². The van der Waals surface area contributed by atoms with E-state index in [0.717, 1.165) is 23.6 Å². The smallest absolute Gasteiger partial charge is 0.338 e. The molecule has 1 aliphatic rings. The first-order valence-electron chi connectivity index (χ1n) is 5.87. The summed E-state index contributed by atoms with van der Waals surface area (Å²) in [5.74, 6) is -0.148. The van der Waals surface area contributed by atoms with Crippen molar-refractivity contribution >= 4 is 11.5 Å². The van der Waals surface area contributed by atoms with E-state index in [-0.39, 0.29) is 0 Å². The van der Waals surface area contributed by atoms with Crippen LogP contribution in [0.4, 0.5) is 0 Å². The van der Waals surface area contributed by atoms with Gasteiger partial charge in [-0.1, -0.05) is 0 Å². The molecule has 1 N–H and O–H groups in total. The van der Waals surface area contributed by atoms with E-state index >= 15 is 0 Å². The fraction of sp³-hybridized carbons (Fsp3) is 0.385. The molecular formula is C13H14N2O2. The average Bonchev–Trinajstić information content (AvgIpc) is 3.05. The molecule has 2 aromatic rings. The number of carboxylic acids is 1. The second-order valence-electron chi connectivity index (χ2n) is 4.72. The highest BCUT2D eigenvalue weighted by Gasteiger charge is 2.27. The molecule has 2 aromatic heterocycles. The summed E-state index contributed by atoms with van der Waals surface area (Å²) in [7, 11) is 0. The molecule has 0 spiro atoms. The molecule has 0 aromatic carbocycles. The molecule has 0 radical (unpaired) electrons. The van der Waals surface area contributed by atoms with Crippen molar-refractivity contribution in [2.24, 2.45) is 5.92 Å². The molecule has 0 saturated heterocycles. The minimum Gasteiger partial charge on any atom is -0.478 e. The van der Waals surface area contributed by atoms with Crippen molar-refractivity contribution in [1.29, 1.82) is 0 Å². The van der Waals surface area contributed by atoms with E-state index in [1.165, 1.54) is 12.8 Å². The first-order valence-corrected chi connectivity index (χ1v) is 5.87. The summed E-state index contributed by atoms with van der Waals surface area (Å²) >= 11 is 0. The maximum Gasteiger partial charge on any atom is 0.338 e. The van der Waals surface area contributed by atoms with Gasteiger partial charge in [-0.25, -0.2) is 9.31 Å². The lowest BCUT2D eigenvalue weighted by atomic mass is 10.1. The van der Waals surface area contributed by atoms with Gasteiger partial charge in [-0.3, -0.25) is 0 Å². The van der Waals surface area contributed by atoms with Gasteiger partial charge in [0.05, 0.1) is 11.1 Å². The third kappa shape index (κ3) is 1.60. The summed E-state index contributed by atoms with van der Waals surface area (Å²) < 4.78 is 1.79. The SMILES string of the molecule is Cc1c(C(=O)O)c2cccnn2c1CC1CC1. The molecule has 17 heavy (non-hydrogen) atoms. The molecule has 88 valence electrons. The van der Waals surface area contributed by atoms with E-state index in [2.05, 4.69) is 5.10 Å². The predicted octanol–water partition coefficient (Wildman–Crippen LogP) is 2.29. The van der Waals surface area contributed by atoms with E-state index in [0.29, 0.717) is 11.1 Å². The number of aromatic nitrogens is 2. The van der Waals surface area contributed by atoms with E-state index in [1.807, 2.05) is 13.0 Å². The topological polar surface area (TPSA) is 54.6 Å². The van der Waals surface area contributed by atoms with Gasteiger partial charge in [0, 0.05) is 11.9 Å². The number of hydrogen-bond acceptors (Lipinski definition) is 2. The Bertz CT molecular complexity index is 597. The molecule has 1 aliphatic carbocycles. The zero-order valence-corrected chi connectivity index (χ0v) is 9.68. The Hall–Kier alpha value is -1.84. The molecular weight excluding hydrogens is 216 g/mol. The van der Waals surface area contributed by atoms with Gasteiger partial charge >= 0.3 is 5.97 Å². The number of nitrogens with zero attached hydrogens (tertiary/aromatic N) is 2. The number of carboxylic acid groups (broad SMARTS) is 1. The maximum atomic E-state index is 11.3. The molecule has 1 saturated carbocycles. The molecule has 2 heterocycles. The van der Waals surface area contributed by atoms with Gasteiger partial charge in [-0.2, -0.15) is 5.10 Å². The fourth-order valence-corrected chi connectivity index (χ4v) is 2.38. The van der Waals surface area contributed by atoms with Crippen LogP contribution in [0.5, 0.6) is 0 Å². The van der Waals surface area contributed by atoms with Crippen molar-refractivity contribution < 1.29 is 9.90 Å². The van der Waals surface area contributed by atoms with Crippen LogP contribution in [0, 0.1) is 12.8 Å². The summed E-state index contributed by atoms with van der Waals surface area (Å²) in [4.78, 5) is 11.3. The lowest BCUT2D eigenvalue weighted by molar-refractivity contribution is 0.0698. The molecule has 0 amide bonds. The first-order chi connectivity index (χ1) is 8.18. The van der Waals surface area contributed by atoms with Crippen LogP contribution in [0.2, 0.25) is 0 Å². The molecule has 0 aliphatic heterocycles. The Morgan fingerprint density at radius 3 is 3.00 bits per heavy atom. The van der Waals surface area contributed by atoms with Crippen molar-refractivity contribution in [3.05, 3.63) is 35.2 Å². The molecule has 1 fully saturated rings. The number of carbonyl (C=O) groups is 1. The van der Waals surface area contributed by atoms with Gasteiger partial charge in [-0.15, -0.1) is 0 Å². The van der Waals surface area contributed by atoms with Crippen molar-refractivity contribution in [2.45, 2.75) is 26.2 Å². The third-order valence-electron chi connectivity index (χ3n) is 3.46. The lowest BCUT2D eigenvalue weighted by Crippen LogP contribution is -1.99.